The molecule has 4 aromatic rings. The normalized spacial score (nSPS) is 13.0. The molecule has 9 heteroatoms. The zero-order valence-corrected chi connectivity index (χ0v) is 20.7. The van der Waals surface area contributed by atoms with Gasteiger partial charge >= 0.3 is 0 Å². The molecule has 4 rings (SSSR count). The number of hydrogen-bond acceptors (Lipinski definition) is 8. The summed E-state index contributed by atoms with van der Waals surface area (Å²) in [5.41, 5.74) is 13.4. The number of aliphatic hydroxyl groups is 2. The SMILES string of the molecule is Nc1ccc(Oc2ccc(C(O)CS(=O)(=O)CC(O)c3ccc(Oc4ccc(N)cc4)cc3)cc2)cc1. The highest BCUT2D eigenvalue weighted by Crippen LogP contribution is 2.27. The molecule has 0 amide bonds. The summed E-state index contributed by atoms with van der Waals surface area (Å²) in [6.07, 6.45) is -2.50. The van der Waals surface area contributed by atoms with Crippen molar-refractivity contribution in [3.8, 4) is 23.0 Å². The first-order valence-corrected chi connectivity index (χ1v) is 13.3. The second-order valence-corrected chi connectivity index (χ2v) is 10.7. The fraction of sp³-hybridized carbons (Fsp3) is 0.143. The van der Waals surface area contributed by atoms with Gasteiger partial charge in [0.05, 0.1) is 23.7 Å². The van der Waals surface area contributed by atoms with Gasteiger partial charge in [-0.25, -0.2) is 8.42 Å². The number of nitrogens with two attached hydrogens (primary N) is 2. The third kappa shape index (κ3) is 7.47. The molecule has 0 aliphatic heterocycles. The van der Waals surface area contributed by atoms with Crippen molar-refractivity contribution in [3.63, 3.8) is 0 Å². The zero-order valence-electron chi connectivity index (χ0n) is 19.9. The monoisotopic (exact) mass is 520 g/mol. The molecule has 8 nitrogen and oxygen atoms in total. The topological polar surface area (TPSA) is 145 Å². The Morgan fingerprint density at radius 3 is 1.11 bits per heavy atom. The van der Waals surface area contributed by atoms with Gasteiger partial charge in [-0.05, 0) is 83.9 Å². The molecule has 2 atom stereocenters. The Hall–Kier alpha value is -4.05. The van der Waals surface area contributed by atoms with Crippen LogP contribution in [-0.4, -0.2) is 30.1 Å². The maximum absolute atomic E-state index is 12.7. The summed E-state index contributed by atoms with van der Waals surface area (Å²) in [5.74, 6) is 1.21. The third-order valence-corrected chi connectivity index (χ3v) is 7.23. The Balaban J connectivity index is 1.32. The maximum Gasteiger partial charge on any atom is 0.156 e. The van der Waals surface area contributed by atoms with Crippen molar-refractivity contribution in [2.75, 3.05) is 23.0 Å². The lowest BCUT2D eigenvalue weighted by molar-refractivity contribution is 0.194. The molecule has 0 aromatic heterocycles. The van der Waals surface area contributed by atoms with Crippen LogP contribution in [0.4, 0.5) is 11.4 Å². The summed E-state index contributed by atoms with van der Waals surface area (Å²) >= 11 is 0. The minimum Gasteiger partial charge on any atom is -0.457 e. The van der Waals surface area contributed by atoms with Crippen LogP contribution in [0.15, 0.2) is 97.1 Å². The molecule has 0 aliphatic carbocycles. The Kier molecular flexibility index (Phi) is 7.98. The molecule has 0 aliphatic rings. The first kappa shape index (κ1) is 26.0. The van der Waals surface area contributed by atoms with Crippen LogP contribution in [0.2, 0.25) is 0 Å². The predicted octanol–water partition coefficient (Wildman–Crippen LogP) is 4.62. The van der Waals surface area contributed by atoms with Gasteiger partial charge in [-0.15, -0.1) is 0 Å². The zero-order chi connectivity index (χ0) is 26.4. The van der Waals surface area contributed by atoms with E-state index in [0.717, 1.165) is 0 Å². The molecule has 0 heterocycles. The van der Waals surface area contributed by atoms with Crippen LogP contribution in [0.3, 0.4) is 0 Å². The maximum atomic E-state index is 12.7. The summed E-state index contributed by atoms with van der Waals surface area (Å²) in [5, 5.41) is 21.0. The van der Waals surface area contributed by atoms with E-state index in [2.05, 4.69) is 0 Å². The van der Waals surface area contributed by atoms with Gasteiger partial charge in [0, 0.05) is 11.4 Å². The van der Waals surface area contributed by atoms with E-state index in [-0.39, 0.29) is 0 Å². The second-order valence-electron chi connectivity index (χ2n) is 8.59. The molecule has 0 saturated carbocycles. The summed E-state index contributed by atoms with van der Waals surface area (Å²) < 4.78 is 36.8. The van der Waals surface area contributed by atoms with Crippen LogP contribution < -0.4 is 20.9 Å². The van der Waals surface area contributed by atoms with Crippen LogP contribution >= 0.6 is 0 Å². The fourth-order valence-corrected chi connectivity index (χ4v) is 5.08. The van der Waals surface area contributed by atoms with E-state index in [4.69, 9.17) is 20.9 Å². The average Bonchev–Trinajstić information content (AvgIpc) is 2.87. The molecule has 2 unspecified atom stereocenters. The van der Waals surface area contributed by atoms with Gasteiger partial charge < -0.3 is 31.2 Å². The van der Waals surface area contributed by atoms with Gasteiger partial charge in [0.15, 0.2) is 9.84 Å². The lowest BCUT2D eigenvalue weighted by Crippen LogP contribution is -2.21. The quantitative estimate of drug-likeness (QED) is 0.222. The van der Waals surface area contributed by atoms with Gasteiger partial charge in [-0.2, -0.15) is 0 Å². The minimum absolute atomic E-state index is 0.423. The highest BCUT2D eigenvalue weighted by molar-refractivity contribution is 7.91. The highest BCUT2D eigenvalue weighted by Gasteiger charge is 2.23. The largest absolute Gasteiger partial charge is 0.457 e. The first-order valence-electron chi connectivity index (χ1n) is 11.5. The van der Waals surface area contributed by atoms with Crippen molar-refractivity contribution in [1.29, 1.82) is 0 Å². The molecule has 4 aromatic carbocycles. The van der Waals surface area contributed by atoms with Gasteiger partial charge in [-0.3, -0.25) is 0 Å². The number of sulfone groups is 1. The molecule has 37 heavy (non-hydrogen) atoms. The smallest absolute Gasteiger partial charge is 0.156 e. The molecule has 0 radical (unpaired) electrons. The predicted molar refractivity (Wildman–Crippen MR) is 143 cm³/mol. The van der Waals surface area contributed by atoms with Crippen molar-refractivity contribution in [3.05, 3.63) is 108 Å². The van der Waals surface area contributed by atoms with Crippen LogP contribution in [0.1, 0.15) is 23.3 Å². The number of rotatable bonds is 10. The molecule has 6 N–H and O–H groups in total. The van der Waals surface area contributed by atoms with E-state index >= 15 is 0 Å². The van der Waals surface area contributed by atoms with Gasteiger partial charge in [0.1, 0.15) is 23.0 Å². The van der Waals surface area contributed by atoms with E-state index in [1.54, 1.807) is 97.1 Å². The van der Waals surface area contributed by atoms with Crippen molar-refractivity contribution in [2.45, 2.75) is 12.2 Å². The van der Waals surface area contributed by atoms with E-state index < -0.39 is 33.6 Å². The van der Waals surface area contributed by atoms with Gasteiger partial charge in [-0.1, -0.05) is 24.3 Å². The van der Waals surface area contributed by atoms with Crippen molar-refractivity contribution < 1.29 is 28.1 Å². The molecule has 192 valence electrons. The van der Waals surface area contributed by atoms with E-state index in [1.165, 1.54) is 0 Å². The number of hydrogen-bond donors (Lipinski definition) is 4. The summed E-state index contributed by atoms with van der Waals surface area (Å²) in [6, 6.07) is 26.8. The Morgan fingerprint density at radius 1 is 0.541 bits per heavy atom. The van der Waals surface area contributed by atoms with Crippen LogP contribution in [0.25, 0.3) is 0 Å². The van der Waals surface area contributed by atoms with Gasteiger partial charge in [0.2, 0.25) is 0 Å². The van der Waals surface area contributed by atoms with Crippen LogP contribution in [0.5, 0.6) is 23.0 Å². The summed E-state index contributed by atoms with van der Waals surface area (Å²) in [4.78, 5) is 0. The second kappa shape index (κ2) is 11.3. The molecular weight excluding hydrogens is 492 g/mol. The van der Waals surface area contributed by atoms with Crippen molar-refractivity contribution in [1.82, 2.24) is 0 Å². The number of nitrogen functional groups attached to an aromatic ring is 2. The molecule has 0 bridgehead atoms. The molecule has 0 fully saturated rings. The average molecular weight is 521 g/mol. The van der Waals surface area contributed by atoms with Gasteiger partial charge in [0.25, 0.3) is 0 Å². The van der Waals surface area contributed by atoms with E-state index in [0.29, 0.717) is 45.5 Å². The lowest BCUT2D eigenvalue weighted by Gasteiger charge is -2.16. The molecule has 0 saturated heterocycles. The molecular formula is C28H28N2O6S. The highest BCUT2D eigenvalue weighted by atomic mass is 32.2. The minimum atomic E-state index is -3.79. The summed E-state index contributed by atoms with van der Waals surface area (Å²) in [7, 11) is -3.79. The first-order chi connectivity index (χ1) is 17.7. The Labute approximate surface area is 215 Å². The fourth-order valence-electron chi connectivity index (χ4n) is 3.60. The van der Waals surface area contributed by atoms with Crippen molar-refractivity contribution in [2.24, 2.45) is 0 Å². The Morgan fingerprint density at radius 2 is 0.811 bits per heavy atom. The van der Waals surface area contributed by atoms with Crippen LogP contribution in [0, 0.1) is 0 Å². The lowest BCUT2D eigenvalue weighted by atomic mass is 10.1. The number of ether oxygens (including phenoxy) is 2. The summed E-state index contributed by atoms with van der Waals surface area (Å²) in [6.45, 7) is 0. The van der Waals surface area contributed by atoms with E-state index in [1.807, 2.05) is 0 Å². The third-order valence-electron chi connectivity index (χ3n) is 5.58. The number of anilines is 2. The molecule has 0 spiro atoms. The number of benzene rings is 4. The van der Waals surface area contributed by atoms with Crippen molar-refractivity contribution >= 4 is 21.2 Å². The Bertz CT molecular complexity index is 1300. The van der Waals surface area contributed by atoms with E-state index in [9.17, 15) is 18.6 Å². The standard InChI is InChI=1S/C28H28N2O6S/c29-21-5-13-25(14-6-21)35-23-9-1-19(2-10-23)27(31)17-37(33,34)18-28(32)20-3-11-24(12-4-20)36-26-15-7-22(30)8-16-26/h1-16,27-28,31-32H,17-18,29-30H2. The van der Waals surface area contributed by atoms with Crippen LogP contribution in [-0.2, 0) is 9.84 Å². The number of aliphatic hydroxyl groups excluding tert-OH is 2.